The van der Waals surface area contributed by atoms with Gasteiger partial charge in [-0.25, -0.2) is 4.39 Å². The number of nitrogens with zero attached hydrogens (tertiary/aromatic N) is 2. The minimum absolute atomic E-state index is 0.113. The summed E-state index contributed by atoms with van der Waals surface area (Å²) in [7, 11) is 0. The standard InChI is InChI=1S/C13H8FN3O/c14-11-8-16-6-5-10(11)13(18)17-12-4-2-1-3-9(12)7-15/h1-6,8H,(H,17,18). The smallest absolute Gasteiger partial charge is 0.258 e. The molecule has 0 saturated heterocycles. The van der Waals surface area contributed by atoms with E-state index in [2.05, 4.69) is 10.3 Å². The Kier molecular flexibility index (Phi) is 3.30. The van der Waals surface area contributed by atoms with Gasteiger partial charge in [-0.15, -0.1) is 0 Å². The predicted octanol–water partition coefficient (Wildman–Crippen LogP) is 2.34. The van der Waals surface area contributed by atoms with E-state index in [4.69, 9.17) is 5.26 Å². The number of anilines is 1. The number of rotatable bonds is 2. The maximum absolute atomic E-state index is 13.3. The first-order chi connectivity index (χ1) is 8.72. The Morgan fingerprint density at radius 3 is 2.83 bits per heavy atom. The number of halogens is 1. The molecule has 1 heterocycles. The summed E-state index contributed by atoms with van der Waals surface area (Å²) in [5.41, 5.74) is 0.555. The lowest BCUT2D eigenvalue weighted by Gasteiger charge is -2.06. The van der Waals surface area contributed by atoms with Gasteiger partial charge in [0.05, 0.1) is 23.0 Å². The van der Waals surface area contributed by atoms with Crippen LogP contribution in [0, 0.1) is 17.1 Å². The predicted molar refractivity (Wildman–Crippen MR) is 63.3 cm³/mol. The monoisotopic (exact) mass is 241 g/mol. The number of aromatic nitrogens is 1. The summed E-state index contributed by atoms with van der Waals surface area (Å²) < 4.78 is 13.3. The van der Waals surface area contributed by atoms with Gasteiger partial charge >= 0.3 is 0 Å². The topological polar surface area (TPSA) is 65.8 Å². The fraction of sp³-hybridized carbons (Fsp3) is 0. The van der Waals surface area contributed by atoms with Crippen molar-refractivity contribution in [3.8, 4) is 6.07 Å². The molecule has 0 bridgehead atoms. The molecular weight excluding hydrogens is 233 g/mol. The third kappa shape index (κ3) is 2.33. The highest BCUT2D eigenvalue weighted by Crippen LogP contribution is 2.15. The van der Waals surface area contributed by atoms with Gasteiger partial charge in [0.1, 0.15) is 6.07 Å². The molecule has 0 saturated carbocycles. The molecule has 0 radical (unpaired) electrons. The van der Waals surface area contributed by atoms with Crippen molar-refractivity contribution in [2.24, 2.45) is 0 Å². The number of amides is 1. The first-order valence-corrected chi connectivity index (χ1v) is 5.12. The molecule has 4 nitrogen and oxygen atoms in total. The minimum Gasteiger partial charge on any atom is -0.321 e. The summed E-state index contributed by atoms with van der Waals surface area (Å²) >= 11 is 0. The van der Waals surface area contributed by atoms with Crippen molar-refractivity contribution in [2.45, 2.75) is 0 Å². The van der Waals surface area contributed by atoms with Crippen LogP contribution in [-0.4, -0.2) is 10.9 Å². The quantitative estimate of drug-likeness (QED) is 0.877. The molecule has 2 rings (SSSR count). The summed E-state index contributed by atoms with van der Waals surface area (Å²) in [6, 6.07) is 9.73. The lowest BCUT2D eigenvalue weighted by atomic mass is 10.2. The van der Waals surface area contributed by atoms with Crippen molar-refractivity contribution in [3.63, 3.8) is 0 Å². The molecule has 1 aromatic heterocycles. The average molecular weight is 241 g/mol. The molecule has 1 aromatic carbocycles. The van der Waals surface area contributed by atoms with Crippen molar-refractivity contribution in [3.05, 3.63) is 59.7 Å². The number of para-hydroxylation sites is 1. The molecule has 88 valence electrons. The first kappa shape index (κ1) is 11.7. The van der Waals surface area contributed by atoms with Gasteiger partial charge in [-0.2, -0.15) is 5.26 Å². The van der Waals surface area contributed by atoms with Crippen LogP contribution in [0.4, 0.5) is 10.1 Å². The number of nitrogens with one attached hydrogen (secondary N) is 1. The van der Waals surface area contributed by atoms with Crippen LogP contribution >= 0.6 is 0 Å². The molecule has 1 N–H and O–H groups in total. The highest BCUT2D eigenvalue weighted by molar-refractivity contribution is 6.04. The largest absolute Gasteiger partial charge is 0.321 e. The van der Waals surface area contributed by atoms with E-state index in [9.17, 15) is 9.18 Å². The molecule has 0 aliphatic carbocycles. The number of pyridine rings is 1. The third-order valence-electron chi connectivity index (χ3n) is 2.31. The van der Waals surface area contributed by atoms with E-state index in [1.54, 1.807) is 24.3 Å². The lowest BCUT2D eigenvalue weighted by molar-refractivity contribution is 0.102. The van der Waals surface area contributed by atoms with Crippen molar-refractivity contribution >= 4 is 11.6 Å². The molecule has 0 atom stereocenters. The van der Waals surface area contributed by atoms with Crippen LogP contribution in [0.2, 0.25) is 0 Å². The van der Waals surface area contributed by atoms with Gasteiger partial charge in [0, 0.05) is 6.20 Å². The van der Waals surface area contributed by atoms with Crippen LogP contribution in [0.25, 0.3) is 0 Å². The molecule has 0 fully saturated rings. The van der Waals surface area contributed by atoms with Crippen LogP contribution in [0.3, 0.4) is 0 Å². The Labute approximate surface area is 103 Å². The van der Waals surface area contributed by atoms with Crippen molar-refractivity contribution < 1.29 is 9.18 Å². The second-order valence-corrected chi connectivity index (χ2v) is 3.47. The van der Waals surface area contributed by atoms with E-state index in [1.807, 2.05) is 6.07 Å². The Balaban J connectivity index is 2.28. The summed E-state index contributed by atoms with van der Waals surface area (Å²) in [6.45, 7) is 0. The van der Waals surface area contributed by atoms with E-state index >= 15 is 0 Å². The molecule has 18 heavy (non-hydrogen) atoms. The Morgan fingerprint density at radius 2 is 2.11 bits per heavy atom. The molecular formula is C13H8FN3O. The van der Waals surface area contributed by atoms with Gasteiger partial charge in [-0.1, -0.05) is 12.1 Å². The fourth-order valence-corrected chi connectivity index (χ4v) is 1.44. The van der Waals surface area contributed by atoms with Gasteiger partial charge in [0.25, 0.3) is 5.91 Å². The van der Waals surface area contributed by atoms with E-state index in [-0.39, 0.29) is 5.56 Å². The van der Waals surface area contributed by atoms with E-state index < -0.39 is 11.7 Å². The van der Waals surface area contributed by atoms with Crippen LogP contribution in [0.5, 0.6) is 0 Å². The zero-order chi connectivity index (χ0) is 13.0. The SMILES string of the molecule is N#Cc1ccccc1NC(=O)c1ccncc1F. The van der Waals surface area contributed by atoms with Crippen LogP contribution < -0.4 is 5.32 Å². The van der Waals surface area contributed by atoms with Crippen molar-refractivity contribution in [2.75, 3.05) is 5.32 Å². The van der Waals surface area contributed by atoms with E-state index in [0.29, 0.717) is 11.3 Å². The van der Waals surface area contributed by atoms with Crippen molar-refractivity contribution in [1.82, 2.24) is 4.98 Å². The van der Waals surface area contributed by atoms with Gasteiger partial charge in [0.2, 0.25) is 0 Å². The summed E-state index contributed by atoms with van der Waals surface area (Å²) in [4.78, 5) is 15.4. The summed E-state index contributed by atoms with van der Waals surface area (Å²) in [5, 5.41) is 11.4. The van der Waals surface area contributed by atoms with Crippen LogP contribution in [-0.2, 0) is 0 Å². The molecule has 0 spiro atoms. The zero-order valence-electron chi connectivity index (χ0n) is 9.22. The number of hydrogen-bond acceptors (Lipinski definition) is 3. The van der Waals surface area contributed by atoms with E-state index in [1.165, 1.54) is 12.3 Å². The van der Waals surface area contributed by atoms with Gasteiger partial charge < -0.3 is 5.32 Å². The maximum atomic E-state index is 13.3. The number of carbonyl (C=O) groups is 1. The average Bonchev–Trinajstić information content (AvgIpc) is 2.39. The normalized spacial score (nSPS) is 9.56. The van der Waals surface area contributed by atoms with Gasteiger partial charge in [-0.05, 0) is 18.2 Å². The highest BCUT2D eigenvalue weighted by atomic mass is 19.1. The Hall–Kier alpha value is -2.74. The Bertz CT molecular complexity index is 634. The second kappa shape index (κ2) is 5.06. The van der Waals surface area contributed by atoms with E-state index in [0.717, 1.165) is 6.20 Å². The van der Waals surface area contributed by atoms with Gasteiger partial charge in [-0.3, -0.25) is 9.78 Å². The minimum atomic E-state index is -0.704. The second-order valence-electron chi connectivity index (χ2n) is 3.47. The Morgan fingerprint density at radius 1 is 1.33 bits per heavy atom. The molecule has 0 aliphatic heterocycles. The zero-order valence-corrected chi connectivity index (χ0v) is 9.22. The molecule has 2 aromatic rings. The van der Waals surface area contributed by atoms with Crippen LogP contribution in [0.15, 0.2) is 42.7 Å². The van der Waals surface area contributed by atoms with Crippen molar-refractivity contribution in [1.29, 1.82) is 5.26 Å². The third-order valence-corrected chi connectivity index (χ3v) is 2.31. The molecule has 1 amide bonds. The highest BCUT2D eigenvalue weighted by Gasteiger charge is 2.12. The molecule has 0 unspecified atom stereocenters. The molecule has 5 heteroatoms. The maximum Gasteiger partial charge on any atom is 0.258 e. The first-order valence-electron chi connectivity index (χ1n) is 5.12. The lowest BCUT2D eigenvalue weighted by Crippen LogP contribution is -2.14. The number of benzene rings is 1. The van der Waals surface area contributed by atoms with Gasteiger partial charge in [0.15, 0.2) is 5.82 Å². The summed E-state index contributed by atoms with van der Waals surface area (Å²) in [5.74, 6) is -1.32. The number of carbonyl (C=O) groups excluding carboxylic acids is 1. The number of nitriles is 1. The summed E-state index contributed by atoms with van der Waals surface area (Å²) in [6.07, 6.45) is 2.29. The fourth-order valence-electron chi connectivity index (χ4n) is 1.44. The molecule has 0 aliphatic rings. The van der Waals surface area contributed by atoms with Crippen LogP contribution in [0.1, 0.15) is 15.9 Å². The number of hydrogen-bond donors (Lipinski definition) is 1.